The molecule has 1 spiro atoms. The molecule has 0 aromatic heterocycles. The zero-order valence-electron chi connectivity index (χ0n) is 14.0. The van der Waals surface area contributed by atoms with E-state index in [1.807, 2.05) is 18.0 Å². The Morgan fingerprint density at radius 3 is 2.62 bits per heavy atom. The predicted octanol–water partition coefficient (Wildman–Crippen LogP) is 1.14. The Labute approximate surface area is 141 Å². The van der Waals surface area contributed by atoms with E-state index in [1.54, 1.807) is 0 Å². The fourth-order valence-corrected chi connectivity index (χ4v) is 4.06. The number of ether oxygens (including phenoxy) is 1. The molecule has 3 aliphatic heterocycles. The van der Waals surface area contributed by atoms with E-state index in [4.69, 9.17) is 4.74 Å². The zero-order valence-corrected chi connectivity index (χ0v) is 14.0. The molecular weight excluding hydrogens is 306 g/mol. The molecule has 3 heterocycles. The van der Waals surface area contributed by atoms with Gasteiger partial charge in [-0.15, -0.1) is 0 Å². The number of piperidine rings is 1. The maximum atomic E-state index is 13.0. The Balaban J connectivity index is 1.43. The van der Waals surface area contributed by atoms with Gasteiger partial charge < -0.3 is 15.0 Å². The van der Waals surface area contributed by atoms with Gasteiger partial charge in [-0.3, -0.25) is 9.69 Å². The van der Waals surface area contributed by atoms with E-state index >= 15 is 0 Å². The first-order valence-corrected chi connectivity index (χ1v) is 8.59. The number of hydrogen-bond acceptors (Lipinski definition) is 4. The number of hydrogen-bond donors (Lipinski definition) is 1. The first-order chi connectivity index (χ1) is 11.6. The van der Waals surface area contributed by atoms with Crippen LogP contribution in [0.15, 0.2) is 24.3 Å². The number of carbonyl (C=O) groups excluding carboxylic acids is 2. The van der Waals surface area contributed by atoms with Gasteiger partial charge in [0.1, 0.15) is 5.60 Å². The van der Waals surface area contributed by atoms with Crippen molar-refractivity contribution in [2.45, 2.75) is 37.5 Å². The summed E-state index contributed by atoms with van der Waals surface area (Å²) in [7, 11) is 2.02. The molecule has 1 N–H and O–H groups in total. The summed E-state index contributed by atoms with van der Waals surface area (Å²) in [5.41, 5.74) is 2.18. The van der Waals surface area contributed by atoms with Crippen LogP contribution < -0.4 is 5.32 Å². The molecule has 6 heteroatoms. The van der Waals surface area contributed by atoms with Crippen LogP contribution in [0.5, 0.6) is 0 Å². The molecule has 0 unspecified atom stereocenters. The topological polar surface area (TPSA) is 61.9 Å². The summed E-state index contributed by atoms with van der Waals surface area (Å²) in [5, 5.41) is 2.73. The molecule has 4 rings (SSSR count). The van der Waals surface area contributed by atoms with Gasteiger partial charge in [0.2, 0.25) is 5.91 Å². The molecule has 1 aromatic carbocycles. The molecule has 1 aromatic rings. The van der Waals surface area contributed by atoms with Crippen LogP contribution in [0.25, 0.3) is 0 Å². The second-order valence-corrected chi connectivity index (χ2v) is 7.16. The Bertz CT molecular complexity index is 667. The predicted molar refractivity (Wildman–Crippen MR) is 88.4 cm³/mol. The fourth-order valence-electron chi connectivity index (χ4n) is 4.06. The van der Waals surface area contributed by atoms with Gasteiger partial charge in [-0.1, -0.05) is 24.3 Å². The Kier molecular flexibility index (Phi) is 3.72. The van der Waals surface area contributed by atoms with Crippen molar-refractivity contribution in [3.63, 3.8) is 0 Å². The maximum Gasteiger partial charge on any atom is 0.407 e. The van der Waals surface area contributed by atoms with Crippen LogP contribution in [0.3, 0.4) is 0 Å². The minimum absolute atomic E-state index is 0.0989. The van der Waals surface area contributed by atoms with Crippen LogP contribution in [0.4, 0.5) is 4.79 Å². The van der Waals surface area contributed by atoms with Gasteiger partial charge in [0, 0.05) is 32.5 Å². The Morgan fingerprint density at radius 2 is 1.96 bits per heavy atom. The number of carbonyl (C=O) groups is 2. The first kappa shape index (κ1) is 15.4. The number of amides is 2. The molecule has 2 fully saturated rings. The molecule has 2 amide bonds. The Hall–Kier alpha value is -2.08. The third kappa shape index (κ3) is 2.65. The van der Waals surface area contributed by atoms with E-state index in [0.29, 0.717) is 32.5 Å². The largest absolute Gasteiger partial charge is 0.441 e. The molecule has 24 heavy (non-hydrogen) atoms. The van der Waals surface area contributed by atoms with Crippen molar-refractivity contribution in [2.24, 2.45) is 0 Å². The van der Waals surface area contributed by atoms with Gasteiger partial charge >= 0.3 is 6.09 Å². The monoisotopic (exact) mass is 329 g/mol. The number of likely N-dealkylation sites (N-methyl/N-ethyl adjacent to an activating group) is 1. The van der Waals surface area contributed by atoms with Crippen molar-refractivity contribution < 1.29 is 14.3 Å². The summed E-state index contributed by atoms with van der Waals surface area (Å²) in [6, 6.07) is 8.25. The second-order valence-electron chi connectivity index (χ2n) is 7.16. The highest BCUT2D eigenvalue weighted by molar-refractivity contribution is 5.83. The van der Waals surface area contributed by atoms with Crippen LogP contribution in [-0.4, -0.2) is 60.1 Å². The van der Waals surface area contributed by atoms with E-state index in [0.717, 1.165) is 13.0 Å². The minimum atomic E-state index is -0.404. The van der Waals surface area contributed by atoms with Gasteiger partial charge in [-0.25, -0.2) is 4.79 Å². The van der Waals surface area contributed by atoms with E-state index in [2.05, 4.69) is 28.4 Å². The van der Waals surface area contributed by atoms with Crippen molar-refractivity contribution in [3.05, 3.63) is 35.4 Å². The smallest absolute Gasteiger partial charge is 0.407 e. The van der Waals surface area contributed by atoms with Crippen molar-refractivity contribution >= 4 is 12.0 Å². The zero-order chi connectivity index (χ0) is 16.7. The SMILES string of the molecule is CN1Cc2ccccc2C[C@@H]1C(=O)N1CCC2(CC1)CNC(=O)O2. The molecule has 3 aliphatic rings. The molecule has 0 radical (unpaired) electrons. The van der Waals surface area contributed by atoms with Gasteiger partial charge in [0.05, 0.1) is 12.6 Å². The summed E-state index contributed by atoms with van der Waals surface area (Å²) < 4.78 is 5.43. The van der Waals surface area contributed by atoms with Crippen LogP contribution in [0, 0.1) is 0 Å². The molecule has 0 saturated carbocycles. The highest BCUT2D eigenvalue weighted by Gasteiger charge is 2.44. The van der Waals surface area contributed by atoms with Gasteiger partial charge in [0.15, 0.2) is 0 Å². The Morgan fingerprint density at radius 1 is 1.25 bits per heavy atom. The molecular formula is C18H23N3O3. The number of likely N-dealkylation sites (tertiary alicyclic amines) is 1. The second kappa shape index (κ2) is 5.77. The fraction of sp³-hybridized carbons (Fsp3) is 0.556. The molecule has 6 nitrogen and oxygen atoms in total. The number of alkyl carbamates (subject to hydrolysis) is 1. The molecule has 0 aliphatic carbocycles. The summed E-state index contributed by atoms with van der Waals surface area (Å²) in [4.78, 5) is 28.4. The lowest BCUT2D eigenvalue weighted by Gasteiger charge is -2.41. The summed E-state index contributed by atoms with van der Waals surface area (Å²) in [6.07, 6.45) is 1.86. The summed E-state index contributed by atoms with van der Waals surface area (Å²) >= 11 is 0. The average molecular weight is 329 g/mol. The van der Waals surface area contributed by atoms with Crippen molar-refractivity contribution in [1.82, 2.24) is 15.1 Å². The van der Waals surface area contributed by atoms with Gasteiger partial charge in [-0.05, 0) is 24.6 Å². The maximum absolute atomic E-state index is 13.0. The van der Waals surface area contributed by atoms with Crippen LogP contribution in [0.2, 0.25) is 0 Å². The average Bonchev–Trinajstić information content (AvgIpc) is 2.95. The third-order valence-electron chi connectivity index (χ3n) is 5.62. The van der Waals surface area contributed by atoms with E-state index < -0.39 is 5.60 Å². The van der Waals surface area contributed by atoms with E-state index in [9.17, 15) is 9.59 Å². The van der Waals surface area contributed by atoms with E-state index in [-0.39, 0.29) is 18.0 Å². The van der Waals surface area contributed by atoms with Crippen molar-refractivity contribution in [3.8, 4) is 0 Å². The lowest BCUT2D eigenvalue weighted by atomic mass is 9.90. The molecule has 2 saturated heterocycles. The minimum Gasteiger partial charge on any atom is -0.441 e. The first-order valence-electron chi connectivity index (χ1n) is 8.59. The number of nitrogens with zero attached hydrogens (tertiary/aromatic N) is 2. The van der Waals surface area contributed by atoms with Crippen molar-refractivity contribution in [1.29, 1.82) is 0 Å². The van der Waals surface area contributed by atoms with Crippen LogP contribution in [0.1, 0.15) is 24.0 Å². The summed E-state index contributed by atoms with van der Waals surface area (Å²) in [6.45, 7) is 2.68. The van der Waals surface area contributed by atoms with Crippen molar-refractivity contribution in [2.75, 3.05) is 26.7 Å². The van der Waals surface area contributed by atoms with Crippen LogP contribution >= 0.6 is 0 Å². The van der Waals surface area contributed by atoms with Gasteiger partial charge in [-0.2, -0.15) is 0 Å². The highest BCUT2D eigenvalue weighted by Crippen LogP contribution is 2.30. The number of fused-ring (bicyclic) bond motifs is 1. The number of rotatable bonds is 1. The molecule has 128 valence electrons. The standard InChI is InChI=1S/C18H23N3O3/c1-20-11-14-5-3-2-4-13(14)10-15(20)16(22)21-8-6-18(7-9-21)12-19-17(23)24-18/h2-5,15H,6-12H2,1H3,(H,19,23)/t15-/m1/s1. The van der Waals surface area contributed by atoms with Crippen LogP contribution in [-0.2, 0) is 22.5 Å². The normalized spacial score (nSPS) is 26.0. The highest BCUT2D eigenvalue weighted by atomic mass is 16.6. The quantitative estimate of drug-likeness (QED) is 0.839. The lowest BCUT2D eigenvalue weighted by molar-refractivity contribution is -0.140. The van der Waals surface area contributed by atoms with Gasteiger partial charge in [0.25, 0.3) is 0 Å². The number of nitrogens with one attached hydrogen (secondary N) is 1. The molecule has 0 bridgehead atoms. The molecule has 1 atom stereocenters. The lowest BCUT2D eigenvalue weighted by Crippen LogP contribution is -2.55. The summed E-state index contributed by atoms with van der Waals surface area (Å²) in [5.74, 6) is 0.194. The number of benzene rings is 1. The third-order valence-corrected chi connectivity index (χ3v) is 5.62. The van der Waals surface area contributed by atoms with E-state index in [1.165, 1.54) is 11.1 Å².